The summed E-state index contributed by atoms with van der Waals surface area (Å²) in [5, 5.41) is 0. The maximum absolute atomic E-state index is 11.0. The summed E-state index contributed by atoms with van der Waals surface area (Å²) < 4.78 is 4.54. The molecule has 0 rings (SSSR count). The van der Waals surface area contributed by atoms with E-state index in [0.29, 0.717) is 23.6 Å². The van der Waals surface area contributed by atoms with E-state index in [1.54, 1.807) is 6.92 Å². The van der Waals surface area contributed by atoms with Crippen LogP contribution in [0.15, 0.2) is 11.3 Å². The first-order valence-corrected chi connectivity index (χ1v) is 4.76. The molecule has 0 fully saturated rings. The van der Waals surface area contributed by atoms with Crippen LogP contribution in [0.5, 0.6) is 0 Å². The highest BCUT2D eigenvalue weighted by Gasteiger charge is 2.07. The van der Waals surface area contributed by atoms with E-state index < -0.39 is 0 Å². The number of unbranched alkanes of at least 4 members (excludes halogenated alkanes) is 1. The minimum Gasteiger partial charge on any atom is -0.466 e. The number of hydrogen-bond acceptors (Lipinski definition) is 3. The van der Waals surface area contributed by atoms with Gasteiger partial charge in [-0.05, 0) is 26.2 Å². The molecule has 0 saturated carbocycles. The predicted molar refractivity (Wildman–Crippen MR) is 53.5 cm³/mol. The zero-order valence-corrected chi connectivity index (χ0v) is 8.86. The number of methoxy groups -OCH3 is 1. The van der Waals surface area contributed by atoms with E-state index in [0.717, 1.165) is 12.8 Å². The lowest BCUT2D eigenvalue weighted by molar-refractivity contribution is -0.136. The third kappa shape index (κ3) is 4.78. The van der Waals surface area contributed by atoms with Crippen molar-refractivity contribution in [1.82, 2.24) is 0 Å². The molecule has 0 unspecified atom stereocenters. The molecule has 0 aromatic carbocycles. The van der Waals surface area contributed by atoms with Gasteiger partial charge >= 0.3 is 5.97 Å². The topological polar surface area (TPSA) is 52.3 Å². The number of nitrogens with two attached hydrogens (primary N) is 1. The van der Waals surface area contributed by atoms with Crippen LogP contribution in [-0.2, 0) is 9.53 Å². The van der Waals surface area contributed by atoms with Crippen molar-refractivity contribution in [2.75, 3.05) is 13.0 Å². The zero-order chi connectivity index (χ0) is 10.3. The average molecular weight is 206 g/mol. The Bertz CT molecular complexity index is 202. The maximum atomic E-state index is 11.0. The van der Waals surface area contributed by atoms with Crippen molar-refractivity contribution in [2.45, 2.75) is 26.2 Å². The first-order chi connectivity index (χ1) is 6.13. The molecule has 0 aliphatic heterocycles. The van der Waals surface area contributed by atoms with Crippen LogP contribution in [0, 0.1) is 0 Å². The lowest BCUT2D eigenvalue weighted by atomic mass is 10.1. The van der Waals surface area contributed by atoms with Crippen molar-refractivity contribution in [1.29, 1.82) is 0 Å². The van der Waals surface area contributed by atoms with E-state index in [2.05, 4.69) is 4.74 Å². The van der Waals surface area contributed by atoms with Gasteiger partial charge in [0.05, 0.1) is 12.7 Å². The molecule has 0 radical (unpaired) electrons. The van der Waals surface area contributed by atoms with Crippen LogP contribution in [0.1, 0.15) is 26.2 Å². The highest BCUT2D eigenvalue weighted by Crippen LogP contribution is 2.08. The highest BCUT2D eigenvalue weighted by atomic mass is 35.5. The molecule has 0 saturated heterocycles. The Balaban J connectivity index is 4.03. The molecule has 0 aromatic heterocycles. The molecule has 0 bridgehead atoms. The van der Waals surface area contributed by atoms with Gasteiger partial charge in [0, 0.05) is 11.6 Å². The summed E-state index contributed by atoms with van der Waals surface area (Å²) in [4.78, 5) is 11.0. The molecule has 0 spiro atoms. The molecular formula is C9H16ClNO2. The second-order valence-electron chi connectivity index (χ2n) is 2.79. The minimum absolute atomic E-state index is 0.358. The van der Waals surface area contributed by atoms with E-state index >= 15 is 0 Å². The second-order valence-corrected chi connectivity index (χ2v) is 3.17. The van der Waals surface area contributed by atoms with Gasteiger partial charge in [0.2, 0.25) is 0 Å². The van der Waals surface area contributed by atoms with Gasteiger partial charge < -0.3 is 10.5 Å². The van der Waals surface area contributed by atoms with Gasteiger partial charge in [0.15, 0.2) is 0 Å². The number of ether oxygens (including phenoxy) is 1. The number of esters is 1. The van der Waals surface area contributed by atoms with Crippen LogP contribution in [0.3, 0.4) is 0 Å². The highest BCUT2D eigenvalue weighted by molar-refractivity contribution is 6.17. The molecule has 13 heavy (non-hydrogen) atoms. The maximum Gasteiger partial charge on any atom is 0.335 e. The summed E-state index contributed by atoms with van der Waals surface area (Å²) in [5.74, 6) is 0.272. The molecular weight excluding hydrogens is 190 g/mol. The molecule has 0 atom stereocenters. The Kier molecular flexibility index (Phi) is 6.41. The largest absolute Gasteiger partial charge is 0.466 e. The number of rotatable bonds is 5. The molecule has 2 N–H and O–H groups in total. The smallest absolute Gasteiger partial charge is 0.335 e. The normalized spacial score (nSPS) is 12.2. The molecule has 0 aliphatic carbocycles. The van der Waals surface area contributed by atoms with Crippen LogP contribution < -0.4 is 5.73 Å². The number of hydrogen-bond donors (Lipinski definition) is 1. The van der Waals surface area contributed by atoms with E-state index in [4.69, 9.17) is 17.3 Å². The third-order valence-corrected chi connectivity index (χ3v) is 2.07. The summed E-state index contributed by atoms with van der Waals surface area (Å²) >= 11 is 5.51. The lowest BCUT2D eigenvalue weighted by Crippen LogP contribution is -2.10. The van der Waals surface area contributed by atoms with Crippen LogP contribution in [0.2, 0.25) is 0 Å². The Morgan fingerprint density at radius 1 is 1.46 bits per heavy atom. The first-order valence-electron chi connectivity index (χ1n) is 4.23. The number of allylic oxidation sites excluding steroid dienone is 1. The van der Waals surface area contributed by atoms with Crippen molar-refractivity contribution in [2.24, 2.45) is 5.73 Å². The Labute approximate surface area is 83.9 Å². The van der Waals surface area contributed by atoms with Crippen molar-refractivity contribution in [3.8, 4) is 0 Å². The fourth-order valence-electron chi connectivity index (χ4n) is 0.882. The van der Waals surface area contributed by atoms with Crippen LogP contribution in [0.4, 0.5) is 0 Å². The fourth-order valence-corrected chi connectivity index (χ4v) is 1.07. The van der Waals surface area contributed by atoms with Gasteiger partial charge in [0.1, 0.15) is 0 Å². The number of carbonyl (C=O) groups is 1. The standard InChI is InChI=1S/C9H16ClNO2/c1-7(9(12)13-2)8(11)5-3-4-6-10/h3-6,11H2,1-2H3/b8-7-. The van der Waals surface area contributed by atoms with E-state index in [9.17, 15) is 4.79 Å². The molecule has 0 aromatic rings. The predicted octanol–water partition coefficient (Wildman–Crippen LogP) is 1.80. The van der Waals surface area contributed by atoms with Gasteiger partial charge in [-0.2, -0.15) is 0 Å². The summed E-state index contributed by atoms with van der Waals surface area (Å²) in [5.41, 5.74) is 6.76. The fraction of sp³-hybridized carbons (Fsp3) is 0.667. The Morgan fingerprint density at radius 2 is 2.08 bits per heavy atom. The van der Waals surface area contributed by atoms with Gasteiger partial charge in [-0.25, -0.2) is 4.79 Å². The van der Waals surface area contributed by atoms with Crippen molar-refractivity contribution < 1.29 is 9.53 Å². The van der Waals surface area contributed by atoms with Crippen molar-refractivity contribution in [3.63, 3.8) is 0 Å². The molecule has 0 aliphatic rings. The number of carbonyl (C=O) groups excluding carboxylic acids is 1. The average Bonchev–Trinajstić information content (AvgIpc) is 2.15. The summed E-state index contributed by atoms with van der Waals surface area (Å²) in [6, 6.07) is 0. The monoisotopic (exact) mass is 205 g/mol. The molecule has 0 heterocycles. The van der Waals surface area contributed by atoms with Crippen molar-refractivity contribution >= 4 is 17.6 Å². The summed E-state index contributed by atoms with van der Waals surface area (Å²) in [6.07, 6.45) is 2.52. The number of halogens is 1. The van der Waals surface area contributed by atoms with E-state index in [-0.39, 0.29) is 5.97 Å². The van der Waals surface area contributed by atoms with Gasteiger partial charge in [0.25, 0.3) is 0 Å². The van der Waals surface area contributed by atoms with Crippen LogP contribution in [0.25, 0.3) is 0 Å². The van der Waals surface area contributed by atoms with Gasteiger partial charge in [-0.15, -0.1) is 11.6 Å². The SMILES string of the molecule is COC(=O)/C(C)=C(\N)CCCCCl. The Hall–Kier alpha value is -0.700. The molecule has 0 amide bonds. The quantitative estimate of drug-likeness (QED) is 0.322. The zero-order valence-electron chi connectivity index (χ0n) is 8.10. The molecule has 76 valence electrons. The minimum atomic E-state index is -0.358. The van der Waals surface area contributed by atoms with Crippen LogP contribution in [-0.4, -0.2) is 19.0 Å². The lowest BCUT2D eigenvalue weighted by Gasteiger charge is -2.04. The molecule has 3 nitrogen and oxygen atoms in total. The summed E-state index contributed by atoms with van der Waals surface area (Å²) in [6.45, 7) is 1.67. The van der Waals surface area contributed by atoms with E-state index in [1.165, 1.54) is 7.11 Å². The van der Waals surface area contributed by atoms with Crippen molar-refractivity contribution in [3.05, 3.63) is 11.3 Å². The van der Waals surface area contributed by atoms with Gasteiger partial charge in [-0.1, -0.05) is 0 Å². The van der Waals surface area contributed by atoms with Crippen LogP contribution >= 0.6 is 11.6 Å². The van der Waals surface area contributed by atoms with E-state index in [1.807, 2.05) is 0 Å². The van der Waals surface area contributed by atoms with Gasteiger partial charge in [-0.3, -0.25) is 0 Å². The Morgan fingerprint density at radius 3 is 2.54 bits per heavy atom. The second kappa shape index (κ2) is 6.78. The number of alkyl halides is 1. The molecule has 4 heteroatoms. The first kappa shape index (κ1) is 12.3. The third-order valence-electron chi connectivity index (χ3n) is 1.80. The summed E-state index contributed by atoms with van der Waals surface area (Å²) in [7, 11) is 1.35.